The summed E-state index contributed by atoms with van der Waals surface area (Å²) in [5.41, 5.74) is 0. The Morgan fingerprint density at radius 3 is 1.26 bits per heavy atom. The van der Waals surface area contributed by atoms with Gasteiger partial charge in [0, 0.05) is 13.2 Å². The SMILES string of the molecule is OCCCCCCCCCCCCCCNCCO. The number of nitrogens with one attached hydrogen (secondary N) is 1. The van der Waals surface area contributed by atoms with Crippen molar-refractivity contribution in [2.45, 2.75) is 77.0 Å². The van der Waals surface area contributed by atoms with Crippen molar-refractivity contribution < 1.29 is 10.2 Å². The van der Waals surface area contributed by atoms with Gasteiger partial charge in [-0.25, -0.2) is 0 Å². The van der Waals surface area contributed by atoms with E-state index in [1.807, 2.05) is 0 Å². The van der Waals surface area contributed by atoms with Crippen LogP contribution in [0.1, 0.15) is 77.0 Å². The quantitative estimate of drug-likeness (QED) is 0.378. The van der Waals surface area contributed by atoms with Crippen LogP contribution in [-0.2, 0) is 0 Å². The second-order valence-corrected chi connectivity index (χ2v) is 5.44. The molecule has 0 aliphatic carbocycles. The molecule has 0 heterocycles. The molecule has 0 amide bonds. The first-order chi connectivity index (χ1) is 9.41. The van der Waals surface area contributed by atoms with E-state index >= 15 is 0 Å². The molecule has 0 aromatic heterocycles. The molecule has 0 aliphatic heterocycles. The largest absolute Gasteiger partial charge is 0.396 e. The molecular formula is C16H35NO2. The van der Waals surface area contributed by atoms with Crippen molar-refractivity contribution in [1.82, 2.24) is 5.32 Å². The lowest BCUT2D eigenvalue weighted by molar-refractivity contribution is 0.282. The lowest BCUT2D eigenvalue weighted by Gasteiger charge is -2.04. The Balaban J connectivity index is 2.88. The summed E-state index contributed by atoms with van der Waals surface area (Å²) in [6, 6.07) is 0. The average Bonchev–Trinajstić information content (AvgIpc) is 2.43. The third kappa shape index (κ3) is 17.9. The minimum Gasteiger partial charge on any atom is -0.396 e. The summed E-state index contributed by atoms with van der Waals surface area (Å²) in [7, 11) is 0. The molecule has 3 heteroatoms. The molecule has 0 rings (SSSR count). The van der Waals surface area contributed by atoms with Gasteiger partial charge in [-0.15, -0.1) is 0 Å². The van der Waals surface area contributed by atoms with E-state index in [9.17, 15) is 0 Å². The topological polar surface area (TPSA) is 52.5 Å². The zero-order valence-electron chi connectivity index (χ0n) is 12.7. The number of rotatable bonds is 16. The zero-order valence-corrected chi connectivity index (χ0v) is 12.7. The van der Waals surface area contributed by atoms with Crippen LogP contribution in [-0.4, -0.2) is 36.5 Å². The molecule has 0 aromatic carbocycles. The van der Waals surface area contributed by atoms with Crippen molar-refractivity contribution in [2.24, 2.45) is 0 Å². The smallest absolute Gasteiger partial charge is 0.0555 e. The monoisotopic (exact) mass is 273 g/mol. The van der Waals surface area contributed by atoms with Crippen molar-refractivity contribution in [3.05, 3.63) is 0 Å². The number of hydrogen-bond acceptors (Lipinski definition) is 3. The molecule has 0 unspecified atom stereocenters. The van der Waals surface area contributed by atoms with Crippen LogP contribution in [0.4, 0.5) is 0 Å². The molecule has 0 atom stereocenters. The van der Waals surface area contributed by atoms with Gasteiger partial charge in [-0.1, -0.05) is 64.2 Å². The van der Waals surface area contributed by atoms with E-state index in [0.29, 0.717) is 6.61 Å². The van der Waals surface area contributed by atoms with Crippen LogP contribution in [0.2, 0.25) is 0 Å². The van der Waals surface area contributed by atoms with E-state index in [1.54, 1.807) is 0 Å². The van der Waals surface area contributed by atoms with E-state index in [0.717, 1.165) is 19.5 Å². The standard InChI is InChI=1S/C16H35NO2/c18-15-12-10-8-6-4-2-1-3-5-7-9-11-13-17-14-16-19/h17-19H,1-16H2. The van der Waals surface area contributed by atoms with Gasteiger partial charge in [0.25, 0.3) is 0 Å². The first-order valence-electron chi connectivity index (χ1n) is 8.34. The number of unbranched alkanes of at least 4 members (excludes halogenated alkanes) is 11. The first-order valence-corrected chi connectivity index (χ1v) is 8.34. The fourth-order valence-electron chi connectivity index (χ4n) is 2.33. The highest BCUT2D eigenvalue weighted by Gasteiger charge is 1.93. The first kappa shape index (κ1) is 18.9. The van der Waals surface area contributed by atoms with Gasteiger partial charge in [0.1, 0.15) is 0 Å². The second-order valence-electron chi connectivity index (χ2n) is 5.44. The van der Waals surface area contributed by atoms with Crippen LogP contribution in [0, 0.1) is 0 Å². The lowest BCUT2D eigenvalue weighted by Crippen LogP contribution is -2.19. The molecule has 0 radical (unpaired) electrons. The van der Waals surface area contributed by atoms with E-state index in [1.165, 1.54) is 70.6 Å². The zero-order chi connectivity index (χ0) is 14.0. The minimum absolute atomic E-state index is 0.250. The van der Waals surface area contributed by atoms with Gasteiger partial charge in [-0.2, -0.15) is 0 Å². The van der Waals surface area contributed by atoms with Crippen LogP contribution in [0.15, 0.2) is 0 Å². The Kier molecular flexibility index (Phi) is 17.8. The average molecular weight is 273 g/mol. The maximum atomic E-state index is 8.66. The van der Waals surface area contributed by atoms with Crippen LogP contribution in [0.3, 0.4) is 0 Å². The number of hydrogen-bond donors (Lipinski definition) is 3. The minimum atomic E-state index is 0.250. The fourth-order valence-corrected chi connectivity index (χ4v) is 2.33. The van der Waals surface area contributed by atoms with Gasteiger partial charge in [0.05, 0.1) is 6.61 Å². The predicted molar refractivity (Wildman–Crippen MR) is 82.4 cm³/mol. The molecule has 0 fully saturated rings. The van der Waals surface area contributed by atoms with Crippen LogP contribution < -0.4 is 5.32 Å². The summed E-state index contributed by atoms with van der Waals surface area (Å²) >= 11 is 0. The molecule has 0 saturated carbocycles. The van der Waals surface area contributed by atoms with Gasteiger partial charge in [-0.3, -0.25) is 0 Å². The maximum absolute atomic E-state index is 8.66. The highest BCUT2D eigenvalue weighted by molar-refractivity contribution is 4.50. The molecule has 0 aliphatic rings. The molecule has 0 saturated heterocycles. The third-order valence-electron chi connectivity index (χ3n) is 3.55. The highest BCUT2D eigenvalue weighted by Crippen LogP contribution is 2.11. The number of aliphatic hydroxyl groups is 2. The second kappa shape index (κ2) is 17.9. The number of aliphatic hydroxyl groups excluding tert-OH is 2. The van der Waals surface area contributed by atoms with Gasteiger partial charge in [0.2, 0.25) is 0 Å². The van der Waals surface area contributed by atoms with E-state index in [2.05, 4.69) is 5.32 Å². The van der Waals surface area contributed by atoms with Crippen molar-refractivity contribution in [3.8, 4) is 0 Å². The Bertz CT molecular complexity index is 138. The maximum Gasteiger partial charge on any atom is 0.0555 e. The molecule has 3 nitrogen and oxygen atoms in total. The van der Waals surface area contributed by atoms with Gasteiger partial charge in [-0.05, 0) is 19.4 Å². The van der Waals surface area contributed by atoms with Gasteiger partial charge >= 0.3 is 0 Å². The predicted octanol–water partition coefficient (Wildman–Crippen LogP) is 3.24. The van der Waals surface area contributed by atoms with Crippen molar-refractivity contribution in [3.63, 3.8) is 0 Å². The van der Waals surface area contributed by atoms with E-state index in [4.69, 9.17) is 10.2 Å². The summed E-state index contributed by atoms with van der Waals surface area (Å²) in [4.78, 5) is 0. The molecular weight excluding hydrogens is 238 g/mol. The van der Waals surface area contributed by atoms with Crippen LogP contribution in [0.5, 0.6) is 0 Å². The fraction of sp³-hybridized carbons (Fsp3) is 1.00. The molecule has 0 aromatic rings. The van der Waals surface area contributed by atoms with Crippen molar-refractivity contribution >= 4 is 0 Å². The molecule has 19 heavy (non-hydrogen) atoms. The van der Waals surface area contributed by atoms with Crippen LogP contribution >= 0.6 is 0 Å². The molecule has 0 bridgehead atoms. The van der Waals surface area contributed by atoms with Crippen molar-refractivity contribution in [1.29, 1.82) is 0 Å². The van der Waals surface area contributed by atoms with Gasteiger partial charge < -0.3 is 15.5 Å². The lowest BCUT2D eigenvalue weighted by atomic mass is 10.1. The van der Waals surface area contributed by atoms with Crippen LogP contribution in [0.25, 0.3) is 0 Å². The summed E-state index contributed by atoms with van der Waals surface area (Å²) in [6.07, 6.45) is 15.6. The van der Waals surface area contributed by atoms with E-state index < -0.39 is 0 Å². The van der Waals surface area contributed by atoms with Gasteiger partial charge in [0.15, 0.2) is 0 Å². The molecule has 3 N–H and O–H groups in total. The molecule has 116 valence electrons. The highest BCUT2D eigenvalue weighted by atomic mass is 16.3. The summed E-state index contributed by atoms with van der Waals surface area (Å²) in [5, 5.41) is 20.5. The Labute approximate surface area is 119 Å². The Morgan fingerprint density at radius 2 is 0.842 bits per heavy atom. The Morgan fingerprint density at radius 1 is 0.421 bits per heavy atom. The Hall–Kier alpha value is -0.120. The van der Waals surface area contributed by atoms with Crippen molar-refractivity contribution in [2.75, 3.05) is 26.3 Å². The molecule has 0 spiro atoms. The summed E-state index contributed by atoms with van der Waals surface area (Å²) in [5.74, 6) is 0. The summed E-state index contributed by atoms with van der Waals surface area (Å²) in [6.45, 7) is 2.39. The normalized spacial score (nSPS) is 11.1. The summed E-state index contributed by atoms with van der Waals surface area (Å²) < 4.78 is 0. The van der Waals surface area contributed by atoms with E-state index in [-0.39, 0.29) is 6.61 Å². The third-order valence-corrected chi connectivity index (χ3v) is 3.55.